The van der Waals surface area contributed by atoms with Gasteiger partial charge < -0.3 is 14.7 Å². The number of anilines is 1. The summed E-state index contributed by atoms with van der Waals surface area (Å²) in [4.78, 5) is 8.55. The van der Waals surface area contributed by atoms with Crippen LogP contribution in [0.15, 0.2) is 18.5 Å². The van der Waals surface area contributed by atoms with Gasteiger partial charge in [0.05, 0.1) is 29.0 Å². The summed E-state index contributed by atoms with van der Waals surface area (Å²) in [6.45, 7) is 10.6. The first-order valence-electron chi connectivity index (χ1n) is 7.74. The highest BCUT2D eigenvalue weighted by atomic mass is 35.5. The zero-order valence-electron chi connectivity index (χ0n) is 13.6. The van der Waals surface area contributed by atoms with Gasteiger partial charge in [0.15, 0.2) is 0 Å². The Morgan fingerprint density at radius 2 is 2.00 bits per heavy atom. The Morgan fingerprint density at radius 3 is 2.59 bits per heavy atom. The molecule has 5 nitrogen and oxygen atoms in total. The first-order chi connectivity index (χ1) is 10.3. The van der Waals surface area contributed by atoms with Gasteiger partial charge in [-0.05, 0) is 26.8 Å². The fourth-order valence-corrected chi connectivity index (χ4v) is 2.73. The third kappa shape index (κ3) is 5.39. The van der Waals surface area contributed by atoms with Gasteiger partial charge in [-0.2, -0.15) is 0 Å². The lowest BCUT2D eigenvalue weighted by atomic mass is 10.2. The fourth-order valence-electron chi connectivity index (χ4n) is 2.49. The van der Waals surface area contributed by atoms with Crippen molar-refractivity contribution in [3.63, 3.8) is 0 Å². The minimum absolute atomic E-state index is 0.211. The molecule has 0 unspecified atom stereocenters. The number of aliphatic hydroxyl groups excluding tert-OH is 1. The molecule has 1 atom stereocenters. The molecule has 0 amide bonds. The van der Waals surface area contributed by atoms with Crippen LogP contribution < -0.4 is 4.90 Å². The number of nitrogens with zero attached hydrogens (tertiary/aromatic N) is 3. The van der Waals surface area contributed by atoms with Gasteiger partial charge in [0.2, 0.25) is 0 Å². The van der Waals surface area contributed by atoms with Crippen LogP contribution in [-0.2, 0) is 4.74 Å². The number of aromatic nitrogens is 1. The summed E-state index contributed by atoms with van der Waals surface area (Å²) in [7, 11) is 0. The van der Waals surface area contributed by atoms with Crippen molar-refractivity contribution in [3.8, 4) is 0 Å². The van der Waals surface area contributed by atoms with Crippen LogP contribution in [-0.4, -0.2) is 66.0 Å². The lowest BCUT2D eigenvalue weighted by Crippen LogP contribution is -2.49. The molecule has 1 aliphatic rings. The smallest absolute Gasteiger partial charge is 0.0900 e. The molecule has 0 aliphatic carbocycles. The number of hydrogen-bond acceptors (Lipinski definition) is 5. The number of halogens is 1. The molecule has 1 aliphatic heterocycles. The number of β-amino-alcohol motifs (C(OH)–C–C–N with tert-alkyl or cyclic N) is 1. The van der Waals surface area contributed by atoms with Crippen molar-refractivity contribution in [3.05, 3.63) is 23.5 Å². The molecule has 2 heterocycles. The van der Waals surface area contributed by atoms with Crippen LogP contribution in [0, 0.1) is 0 Å². The lowest BCUT2D eigenvalue weighted by Gasteiger charge is -2.37. The molecule has 1 N–H and O–H groups in total. The maximum atomic E-state index is 10.1. The van der Waals surface area contributed by atoms with Crippen LogP contribution in [0.2, 0.25) is 5.02 Å². The molecule has 0 aromatic carbocycles. The average Bonchev–Trinajstić information content (AvgIpc) is 2.46. The topological polar surface area (TPSA) is 48.8 Å². The molecule has 22 heavy (non-hydrogen) atoms. The zero-order chi connectivity index (χ0) is 16.2. The van der Waals surface area contributed by atoms with E-state index in [2.05, 4.69) is 14.8 Å². The van der Waals surface area contributed by atoms with E-state index in [9.17, 15) is 5.11 Å². The van der Waals surface area contributed by atoms with Crippen molar-refractivity contribution in [1.29, 1.82) is 0 Å². The van der Waals surface area contributed by atoms with E-state index in [0.29, 0.717) is 18.2 Å². The normalized spacial score (nSPS) is 18.5. The minimum atomic E-state index is -0.449. The van der Waals surface area contributed by atoms with E-state index in [1.54, 1.807) is 12.4 Å². The Labute approximate surface area is 137 Å². The molecule has 1 fully saturated rings. The summed E-state index contributed by atoms with van der Waals surface area (Å²) < 4.78 is 5.63. The van der Waals surface area contributed by atoms with Crippen LogP contribution in [0.5, 0.6) is 0 Å². The molecule has 6 heteroatoms. The molecular weight excluding hydrogens is 302 g/mol. The third-order valence-corrected chi connectivity index (χ3v) is 3.93. The second kappa shape index (κ2) is 7.59. The van der Waals surface area contributed by atoms with Crippen molar-refractivity contribution in [2.75, 3.05) is 44.2 Å². The van der Waals surface area contributed by atoms with Crippen LogP contribution in [0.1, 0.15) is 20.8 Å². The molecule has 2 rings (SSSR count). The van der Waals surface area contributed by atoms with Gasteiger partial charge in [0.25, 0.3) is 0 Å². The zero-order valence-corrected chi connectivity index (χ0v) is 14.4. The average molecular weight is 328 g/mol. The summed E-state index contributed by atoms with van der Waals surface area (Å²) >= 11 is 6.19. The highest BCUT2D eigenvalue weighted by Gasteiger charge is 2.21. The molecule has 0 spiro atoms. The maximum Gasteiger partial charge on any atom is 0.0900 e. The van der Waals surface area contributed by atoms with Crippen LogP contribution >= 0.6 is 11.6 Å². The van der Waals surface area contributed by atoms with Crippen molar-refractivity contribution >= 4 is 17.3 Å². The van der Waals surface area contributed by atoms with Gasteiger partial charge in [0.1, 0.15) is 0 Å². The number of aliphatic hydroxyl groups is 1. The first kappa shape index (κ1) is 17.5. The summed E-state index contributed by atoms with van der Waals surface area (Å²) in [5, 5.41) is 10.8. The van der Waals surface area contributed by atoms with E-state index < -0.39 is 6.10 Å². The first-order valence-corrected chi connectivity index (χ1v) is 8.12. The Hall–Kier alpha value is -0.880. The lowest BCUT2D eigenvalue weighted by molar-refractivity contribution is -0.0563. The minimum Gasteiger partial charge on any atom is -0.389 e. The van der Waals surface area contributed by atoms with Gasteiger partial charge in [-0.1, -0.05) is 11.6 Å². The van der Waals surface area contributed by atoms with E-state index in [-0.39, 0.29) is 5.60 Å². The Bertz CT molecular complexity index is 471. The van der Waals surface area contributed by atoms with E-state index in [0.717, 1.165) is 31.9 Å². The number of pyridine rings is 1. The van der Waals surface area contributed by atoms with Gasteiger partial charge in [-0.15, -0.1) is 0 Å². The molecule has 0 saturated carbocycles. The third-order valence-electron chi connectivity index (χ3n) is 3.64. The second-order valence-electron chi connectivity index (χ2n) is 6.69. The number of rotatable bonds is 5. The maximum absolute atomic E-state index is 10.1. The molecule has 0 radical (unpaired) electrons. The second-order valence-corrected chi connectivity index (χ2v) is 7.10. The van der Waals surface area contributed by atoms with Gasteiger partial charge >= 0.3 is 0 Å². The molecule has 0 bridgehead atoms. The highest BCUT2D eigenvalue weighted by molar-refractivity contribution is 6.33. The summed E-state index contributed by atoms with van der Waals surface area (Å²) in [6.07, 6.45) is 2.99. The molecule has 1 aromatic heterocycles. The predicted octanol–water partition coefficient (Wildman–Crippen LogP) is 2.03. The highest BCUT2D eigenvalue weighted by Crippen LogP contribution is 2.25. The van der Waals surface area contributed by atoms with E-state index in [1.807, 2.05) is 26.8 Å². The molecular formula is C16H26ClN3O2. The Kier molecular flexibility index (Phi) is 6.03. The van der Waals surface area contributed by atoms with Crippen molar-refractivity contribution in [2.45, 2.75) is 32.5 Å². The van der Waals surface area contributed by atoms with Crippen LogP contribution in [0.25, 0.3) is 0 Å². The molecule has 1 aromatic rings. The Morgan fingerprint density at radius 1 is 1.32 bits per heavy atom. The van der Waals surface area contributed by atoms with Crippen molar-refractivity contribution in [1.82, 2.24) is 9.88 Å². The Balaban J connectivity index is 1.77. The van der Waals surface area contributed by atoms with Gasteiger partial charge in [-0.3, -0.25) is 9.88 Å². The molecule has 1 saturated heterocycles. The summed E-state index contributed by atoms with van der Waals surface area (Å²) in [5.41, 5.74) is 0.825. The number of piperazine rings is 1. The van der Waals surface area contributed by atoms with Crippen LogP contribution in [0.3, 0.4) is 0 Å². The largest absolute Gasteiger partial charge is 0.389 e. The van der Waals surface area contributed by atoms with E-state index in [4.69, 9.17) is 16.3 Å². The SMILES string of the molecule is CC(C)(C)OC[C@@H](O)CN1CCN(c2ccncc2Cl)CC1. The van der Waals surface area contributed by atoms with Gasteiger partial charge in [-0.25, -0.2) is 0 Å². The van der Waals surface area contributed by atoms with E-state index in [1.165, 1.54) is 0 Å². The monoisotopic (exact) mass is 327 g/mol. The fraction of sp³-hybridized carbons (Fsp3) is 0.688. The summed E-state index contributed by atoms with van der Waals surface area (Å²) in [6, 6.07) is 1.95. The van der Waals surface area contributed by atoms with Gasteiger partial charge in [0, 0.05) is 45.1 Å². The quantitative estimate of drug-likeness (QED) is 0.896. The molecule has 124 valence electrons. The van der Waals surface area contributed by atoms with Crippen molar-refractivity contribution in [2.24, 2.45) is 0 Å². The number of ether oxygens (including phenoxy) is 1. The summed E-state index contributed by atoms with van der Waals surface area (Å²) in [5.74, 6) is 0. The van der Waals surface area contributed by atoms with Crippen LogP contribution in [0.4, 0.5) is 5.69 Å². The standard InChI is InChI=1S/C16H26ClN3O2/c1-16(2,3)22-12-13(21)11-19-6-8-20(9-7-19)15-4-5-18-10-14(15)17/h4-5,10,13,21H,6-9,11-12H2,1-3H3/t13-/m0/s1. The number of hydrogen-bond donors (Lipinski definition) is 1. The predicted molar refractivity (Wildman–Crippen MR) is 89.6 cm³/mol. The van der Waals surface area contributed by atoms with E-state index >= 15 is 0 Å². The van der Waals surface area contributed by atoms with Crippen molar-refractivity contribution < 1.29 is 9.84 Å².